The number of aromatic amines is 1. The zero-order valence-corrected chi connectivity index (χ0v) is 10.4. The van der Waals surface area contributed by atoms with E-state index in [1.807, 2.05) is 6.07 Å². The quantitative estimate of drug-likeness (QED) is 0.824. The lowest BCUT2D eigenvalue weighted by Crippen LogP contribution is -2.09. The predicted octanol–water partition coefficient (Wildman–Crippen LogP) is 1.66. The van der Waals surface area contributed by atoms with E-state index in [4.69, 9.17) is 5.73 Å². The summed E-state index contributed by atoms with van der Waals surface area (Å²) in [5.74, 6) is 0.205. The summed E-state index contributed by atoms with van der Waals surface area (Å²) in [5, 5.41) is 0.455. The fourth-order valence-electron chi connectivity index (χ4n) is 1.05. The van der Waals surface area contributed by atoms with Gasteiger partial charge in [-0.3, -0.25) is 9.78 Å². The topological polar surface area (TPSA) is 84.7 Å². The molecule has 2 aromatic heterocycles. The molecular weight excluding hydrogens is 292 g/mol. The molecule has 0 saturated carbocycles. The molecule has 0 saturated heterocycles. The van der Waals surface area contributed by atoms with Gasteiger partial charge in [0.1, 0.15) is 5.82 Å². The van der Waals surface area contributed by atoms with E-state index in [2.05, 4.69) is 30.9 Å². The van der Waals surface area contributed by atoms with Crippen LogP contribution in [0, 0.1) is 0 Å². The van der Waals surface area contributed by atoms with Crippen LogP contribution in [-0.2, 0) is 0 Å². The van der Waals surface area contributed by atoms with Gasteiger partial charge in [0, 0.05) is 27.8 Å². The summed E-state index contributed by atoms with van der Waals surface area (Å²) >= 11 is 4.67. The first-order valence-electron chi connectivity index (χ1n) is 4.29. The first-order chi connectivity index (χ1) is 7.65. The summed E-state index contributed by atoms with van der Waals surface area (Å²) < 4.78 is 0.838. The minimum atomic E-state index is -0.264. The zero-order chi connectivity index (χ0) is 11.5. The molecule has 0 aliphatic rings. The molecule has 82 valence electrons. The van der Waals surface area contributed by atoms with Crippen LogP contribution in [0.25, 0.3) is 0 Å². The van der Waals surface area contributed by atoms with Crippen LogP contribution in [0.3, 0.4) is 0 Å². The van der Waals surface area contributed by atoms with Crippen LogP contribution in [0.5, 0.6) is 0 Å². The lowest BCUT2D eigenvalue weighted by molar-refractivity contribution is 0.944. The van der Waals surface area contributed by atoms with Crippen molar-refractivity contribution in [3.63, 3.8) is 0 Å². The molecule has 2 rings (SSSR count). The molecule has 0 spiro atoms. The third-order valence-electron chi connectivity index (χ3n) is 1.68. The highest BCUT2D eigenvalue weighted by molar-refractivity contribution is 9.10. The van der Waals surface area contributed by atoms with Gasteiger partial charge in [-0.05, 0) is 22.0 Å². The van der Waals surface area contributed by atoms with Crippen LogP contribution in [0.15, 0.2) is 43.8 Å². The van der Waals surface area contributed by atoms with E-state index in [-0.39, 0.29) is 11.4 Å². The highest BCUT2D eigenvalue weighted by Gasteiger charge is 2.04. The summed E-state index contributed by atoms with van der Waals surface area (Å²) in [5.41, 5.74) is 5.22. The van der Waals surface area contributed by atoms with Crippen molar-refractivity contribution in [3.05, 3.63) is 39.4 Å². The fourth-order valence-corrected chi connectivity index (χ4v) is 2.33. The van der Waals surface area contributed by atoms with Gasteiger partial charge in [0.05, 0.1) is 0 Å². The summed E-state index contributed by atoms with van der Waals surface area (Å²) in [7, 11) is 0. The zero-order valence-electron chi connectivity index (χ0n) is 7.98. The minimum absolute atomic E-state index is 0.205. The molecule has 0 aliphatic heterocycles. The van der Waals surface area contributed by atoms with Crippen molar-refractivity contribution in [3.8, 4) is 0 Å². The number of nitrogen functional groups attached to an aromatic ring is 1. The summed E-state index contributed by atoms with van der Waals surface area (Å²) in [4.78, 5) is 22.6. The number of nitrogens with zero attached hydrogens (tertiary/aromatic N) is 2. The Kier molecular flexibility index (Phi) is 3.25. The standard InChI is InChI=1S/C9H7BrN4OS/c10-5-4-12-2-1-6(5)16-9-13-7(11)3-8(15)14-9/h1-4H,(H3,11,13,14,15). The number of anilines is 1. The molecule has 3 N–H and O–H groups in total. The number of hydrogen-bond acceptors (Lipinski definition) is 5. The van der Waals surface area contributed by atoms with Crippen LogP contribution >= 0.6 is 27.7 Å². The average Bonchev–Trinajstić information content (AvgIpc) is 2.20. The normalized spacial score (nSPS) is 10.3. The van der Waals surface area contributed by atoms with Gasteiger partial charge in [0.2, 0.25) is 0 Å². The van der Waals surface area contributed by atoms with E-state index in [1.165, 1.54) is 17.8 Å². The van der Waals surface area contributed by atoms with Gasteiger partial charge in [-0.25, -0.2) is 4.98 Å². The van der Waals surface area contributed by atoms with Gasteiger partial charge in [-0.15, -0.1) is 0 Å². The smallest absolute Gasteiger partial charge is 0.253 e. The SMILES string of the molecule is Nc1cc(=O)[nH]c(Sc2ccncc2Br)n1. The van der Waals surface area contributed by atoms with Crippen LogP contribution in [0.4, 0.5) is 5.82 Å². The van der Waals surface area contributed by atoms with Crippen molar-refractivity contribution in [2.45, 2.75) is 10.1 Å². The summed E-state index contributed by atoms with van der Waals surface area (Å²) in [6, 6.07) is 3.06. The van der Waals surface area contributed by atoms with Crippen LogP contribution in [0.2, 0.25) is 0 Å². The Bertz CT molecular complexity index is 571. The van der Waals surface area contributed by atoms with Gasteiger partial charge in [0.25, 0.3) is 5.56 Å². The van der Waals surface area contributed by atoms with E-state index < -0.39 is 0 Å². The van der Waals surface area contributed by atoms with Crippen LogP contribution in [0.1, 0.15) is 0 Å². The third kappa shape index (κ3) is 2.61. The highest BCUT2D eigenvalue weighted by atomic mass is 79.9. The first kappa shape index (κ1) is 11.2. The van der Waals surface area contributed by atoms with E-state index in [0.717, 1.165) is 9.37 Å². The van der Waals surface area contributed by atoms with Gasteiger partial charge < -0.3 is 10.7 Å². The van der Waals surface area contributed by atoms with E-state index >= 15 is 0 Å². The maximum absolute atomic E-state index is 11.2. The predicted molar refractivity (Wildman–Crippen MR) is 65.3 cm³/mol. The Morgan fingerprint density at radius 2 is 2.31 bits per heavy atom. The van der Waals surface area contributed by atoms with Crippen molar-refractivity contribution in [2.24, 2.45) is 0 Å². The largest absolute Gasteiger partial charge is 0.383 e. The minimum Gasteiger partial charge on any atom is -0.383 e. The van der Waals surface area contributed by atoms with Crippen molar-refractivity contribution in [1.82, 2.24) is 15.0 Å². The molecule has 5 nitrogen and oxygen atoms in total. The molecule has 0 bridgehead atoms. The summed E-state index contributed by atoms with van der Waals surface area (Å²) in [6.07, 6.45) is 3.34. The molecule has 7 heteroatoms. The maximum Gasteiger partial charge on any atom is 0.253 e. The Morgan fingerprint density at radius 1 is 1.50 bits per heavy atom. The van der Waals surface area contributed by atoms with Gasteiger partial charge in [-0.1, -0.05) is 11.8 Å². The summed E-state index contributed by atoms with van der Waals surface area (Å²) in [6.45, 7) is 0. The number of H-pyrrole nitrogens is 1. The molecule has 0 aliphatic carbocycles. The van der Waals surface area contributed by atoms with Crippen LogP contribution in [-0.4, -0.2) is 15.0 Å². The number of nitrogens with two attached hydrogens (primary N) is 1. The molecule has 16 heavy (non-hydrogen) atoms. The van der Waals surface area contributed by atoms with Gasteiger partial charge in [-0.2, -0.15) is 0 Å². The highest BCUT2D eigenvalue weighted by Crippen LogP contribution is 2.30. The molecule has 0 fully saturated rings. The lowest BCUT2D eigenvalue weighted by Gasteiger charge is -2.02. The first-order valence-corrected chi connectivity index (χ1v) is 5.90. The molecule has 0 radical (unpaired) electrons. The van der Waals surface area contributed by atoms with Crippen LogP contribution < -0.4 is 11.3 Å². The van der Waals surface area contributed by atoms with Gasteiger partial charge in [0.15, 0.2) is 5.16 Å². The lowest BCUT2D eigenvalue weighted by atomic mass is 10.5. The number of halogens is 1. The Hall–Kier alpha value is -1.34. The third-order valence-corrected chi connectivity index (χ3v) is 3.54. The van der Waals surface area contributed by atoms with Crippen molar-refractivity contribution in [2.75, 3.05) is 5.73 Å². The Balaban J connectivity index is 2.34. The van der Waals surface area contributed by atoms with Crippen molar-refractivity contribution >= 4 is 33.5 Å². The average molecular weight is 299 g/mol. The van der Waals surface area contributed by atoms with Crippen molar-refractivity contribution < 1.29 is 0 Å². The second-order valence-electron chi connectivity index (χ2n) is 2.88. The molecule has 0 atom stereocenters. The monoisotopic (exact) mass is 298 g/mol. The molecular formula is C9H7BrN4OS. The second-order valence-corrected chi connectivity index (χ2v) is 4.77. The van der Waals surface area contributed by atoms with Crippen molar-refractivity contribution in [1.29, 1.82) is 0 Å². The van der Waals surface area contributed by atoms with E-state index in [0.29, 0.717) is 5.16 Å². The molecule has 2 heterocycles. The Labute approximate surface area is 104 Å². The molecule has 2 aromatic rings. The molecule has 0 amide bonds. The Morgan fingerprint density at radius 3 is 3.00 bits per heavy atom. The number of rotatable bonds is 2. The van der Waals surface area contributed by atoms with Gasteiger partial charge >= 0.3 is 0 Å². The number of hydrogen-bond donors (Lipinski definition) is 2. The maximum atomic E-state index is 11.2. The molecule has 0 unspecified atom stereocenters. The molecule has 0 aromatic carbocycles. The van der Waals surface area contributed by atoms with E-state index in [9.17, 15) is 4.79 Å². The number of pyridine rings is 1. The van der Waals surface area contributed by atoms with E-state index in [1.54, 1.807) is 12.4 Å². The fraction of sp³-hybridized carbons (Fsp3) is 0. The second kappa shape index (κ2) is 4.67. The number of aromatic nitrogens is 3. The number of nitrogens with one attached hydrogen (secondary N) is 1.